The van der Waals surface area contributed by atoms with Crippen molar-refractivity contribution in [3.05, 3.63) is 54.2 Å². The molecule has 7 nitrogen and oxygen atoms in total. The molecule has 3 aromatic rings. The second-order valence-corrected chi connectivity index (χ2v) is 6.22. The van der Waals surface area contributed by atoms with E-state index in [4.69, 9.17) is 5.84 Å². The molecule has 1 amide bonds. The summed E-state index contributed by atoms with van der Waals surface area (Å²) < 4.78 is 1.34. The van der Waals surface area contributed by atoms with E-state index in [1.165, 1.54) is 22.0 Å². The number of rotatable bonds is 6. The lowest BCUT2D eigenvalue weighted by Crippen LogP contribution is -2.16. The number of hydrogen-bond acceptors (Lipinski definition) is 6. The van der Waals surface area contributed by atoms with Gasteiger partial charge in [0.1, 0.15) is 5.69 Å². The topological polar surface area (TPSA) is 98.7 Å². The number of carbonyl (C=O) groups is 1. The van der Waals surface area contributed by atoms with Crippen LogP contribution in [0.1, 0.15) is 12.5 Å². The number of carbonyl (C=O) groups excluding carboxylic acids is 1. The second kappa shape index (κ2) is 7.80. The number of hydrogen-bond donors (Lipinski definition) is 2. The summed E-state index contributed by atoms with van der Waals surface area (Å²) in [6.07, 6.45) is 2.63. The largest absolute Gasteiger partial charge is 0.335 e. The van der Waals surface area contributed by atoms with E-state index in [0.717, 1.165) is 12.1 Å². The Kier molecular flexibility index (Phi) is 5.30. The molecule has 25 heavy (non-hydrogen) atoms. The van der Waals surface area contributed by atoms with Crippen molar-refractivity contribution in [1.29, 1.82) is 0 Å². The number of nitrogens with two attached hydrogens (primary N) is 1. The molecule has 1 aromatic carbocycles. The van der Waals surface area contributed by atoms with Gasteiger partial charge in [-0.2, -0.15) is 0 Å². The van der Waals surface area contributed by atoms with Crippen molar-refractivity contribution in [1.82, 2.24) is 19.9 Å². The Bertz CT molecular complexity index is 847. The van der Waals surface area contributed by atoms with Crippen LogP contribution in [-0.2, 0) is 11.2 Å². The highest BCUT2D eigenvalue weighted by atomic mass is 32.2. The molecule has 2 heterocycles. The lowest BCUT2D eigenvalue weighted by molar-refractivity contribution is -0.113. The molecule has 8 heteroatoms. The summed E-state index contributed by atoms with van der Waals surface area (Å²) in [5.74, 6) is 6.52. The van der Waals surface area contributed by atoms with Crippen LogP contribution in [0.3, 0.4) is 0 Å². The zero-order valence-electron chi connectivity index (χ0n) is 13.7. The number of aromatic nitrogens is 4. The molecule has 0 fully saturated rings. The Morgan fingerprint density at radius 1 is 1.20 bits per heavy atom. The number of nitrogen functional groups attached to an aromatic ring is 1. The maximum atomic E-state index is 12.1. The van der Waals surface area contributed by atoms with Gasteiger partial charge in [-0.1, -0.05) is 36.9 Å². The van der Waals surface area contributed by atoms with Gasteiger partial charge in [-0.3, -0.25) is 9.78 Å². The quantitative estimate of drug-likeness (QED) is 0.521. The smallest absolute Gasteiger partial charge is 0.234 e. The third-order valence-corrected chi connectivity index (χ3v) is 4.48. The Morgan fingerprint density at radius 3 is 2.68 bits per heavy atom. The zero-order chi connectivity index (χ0) is 17.6. The fourth-order valence-electron chi connectivity index (χ4n) is 2.20. The van der Waals surface area contributed by atoms with E-state index in [1.807, 2.05) is 36.4 Å². The first kappa shape index (κ1) is 17.0. The molecule has 2 aromatic heterocycles. The fraction of sp³-hybridized carbons (Fsp3) is 0.176. The van der Waals surface area contributed by atoms with Crippen LogP contribution in [0.4, 0.5) is 5.69 Å². The zero-order valence-corrected chi connectivity index (χ0v) is 14.5. The van der Waals surface area contributed by atoms with E-state index >= 15 is 0 Å². The van der Waals surface area contributed by atoms with Gasteiger partial charge in [0.05, 0.1) is 5.75 Å². The first-order chi connectivity index (χ1) is 12.2. The lowest BCUT2D eigenvalue weighted by Gasteiger charge is -2.06. The van der Waals surface area contributed by atoms with E-state index in [-0.39, 0.29) is 11.7 Å². The summed E-state index contributed by atoms with van der Waals surface area (Å²) >= 11 is 1.22. The standard InChI is InChI=1S/C17H18N6OS/c1-2-12-6-8-13(9-7-12)20-15(24)11-25-17-22-21-16(23(17)18)14-5-3-4-10-19-14/h3-10H,2,11,18H2,1H3,(H,20,24). The summed E-state index contributed by atoms with van der Waals surface area (Å²) in [6.45, 7) is 2.09. The van der Waals surface area contributed by atoms with Crippen LogP contribution in [-0.4, -0.2) is 31.5 Å². The van der Waals surface area contributed by atoms with Gasteiger partial charge in [0.2, 0.25) is 16.9 Å². The molecule has 0 atom stereocenters. The minimum absolute atomic E-state index is 0.128. The molecule has 0 aliphatic carbocycles. The third-order valence-electron chi connectivity index (χ3n) is 3.54. The van der Waals surface area contributed by atoms with Gasteiger partial charge >= 0.3 is 0 Å². The van der Waals surface area contributed by atoms with Crippen molar-refractivity contribution < 1.29 is 4.79 Å². The number of nitrogens with one attached hydrogen (secondary N) is 1. The van der Waals surface area contributed by atoms with Crippen LogP contribution < -0.4 is 11.2 Å². The number of aryl methyl sites for hydroxylation is 1. The van der Waals surface area contributed by atoms with Gasteiger partial charge in [0.15, 0.2) is 0 Å². The van der Waals surface area contributed by atoms with Crippen molar-refractivity contribution in [2.24, 2.45) is 0 Å². The molecule has 0 spiro atoms. The highest BCUT2D eigenvalue weighted by Gasteiger charge is 2.14. The third kappa shape index (κ3) is 4.16. The molecule has 0 radical (unpaired) electrons. The molecule has 128 valence electrons. The van der Waals surface area contributed by atoms with Gasteiger partial charge < -0.3 is 11.2 Å². The van der Waals surface area contributed by atoms with Crippen molar-refractivity contribution in [3.63, 3.8) is 0 Å². The molecule has 0 aliphatic rings. The normalized spacial score (nSPS) is 10.6. The van der Waals surface area contributed by atoms with Crippen LogP contribution in [0.25, 0.3) is 11.5 Å². The predicted octanol–water partition coefficient (Wildman–Crippen LogP) is 2.35. The Morgan fingerprint density at radius 2 is 2.00 bits per heavy atom. The monoisotopic (exact) mass is 354 g/mol. The van der Waals surface area contributed by atoms with Gasteiger partial charge in [-0.15, -0.1) is 10.2 Å². The van der Waals surface area contributed by atoms with Gasteiger partial charge in [0.25, 0.3) is 0 Å². The predicted molar refractivity (Wildman–Crippen MR) is 98.6 cm³/mol. The summed E-state index contributed by atoms with van der Waals surface area (Å²) in [5, 5.41) is 11.4. The van der Waals surface area contributed by atoms with Crippen LogP contribution >= 0.6 is 11.8 Å². The molecular weight excluding hydrogens is 336 g/mol. The maximum Gasteiger partial charge on any atom is 0.234 e. The minimum atomic E-state index is -0.128. The van der Waals surface area contributed by atoms with E-state index < -0.39 is 0 Å². The first-order valence-electron chi connectivity index (χ1n) is 7.81. The Balaban J connectivity index is 1.60. The van der Waals surface area contributed by atoms with E-state index in [0.29, 0.717) is 16.7 Å². The number of amides is 1. The fourth-order valence-corrected chi connectivity index (χ4v) is 2.85. The number of anilines is 1. The number of thioether (sulfide) groups is 1. The average molecular weight is 354 g/mol. The van der Waals surface area contributed by atoms with E-state index in [2.05, 4.69) is 27.4 Å². The van der Waals surface area contributed by atoms with Crippen molar-refractivity contribution >= 4 is 23.4 Å². The molecular formula is C17H18N6OS. The van der Waals surface area contributed by atoms with Gasteiger partial charge in [-0.05, 0) is 36.2 Å². The highest BCUT2D eigenvalue weighted by Crippen LogP contribution is 2.20. The second-order valence-electron chi connectivity index (χ2n) is 5.28. The van der Waals surface area contributed by atoms with Crippen LogP contribution in [0.15, 0.2) is 53.8 Å². The van der Waals surface area contributed by atoms with Crippen molar-refractivity contribution in [2.45, 2.75) is 18.5 Å². The molecule has 0 saturated carbocycles. The lowest BCUT2D eigenvalue weighted by atomic mass is 10.1. The minimum Gasteiger partial charge on any atom is -0.335 e. The first-order valence-corrected chi connectivity index (χ1v) is 8.79. The van der Waals surface area contributed by atoms with E-state index in [9.17, 15) is 4.79 Å². The molecule has 0 unspecified atom stereocenters. The van der Waals surface area contributed by atoms with Gasteiger partial charge in [-0.25, -0.2) is 4.68 Å². The average Bonchev–Trinajstić information content (AvgIpc) is 3.02. The van der Waals surface area contributed by atoms with Crippen LogP contribution in [0, 0.1) is 0 Å². The summed E-state index contributed by atoms with van der Waals surface area (Å²) in [6, 6.07) is 13.2. The molecule has 3 N–H and O–H groups in total. The Hall–Kier alpha value is -2.87. The SMILES string of the molecule is CCc1ccc(NC(=O)CSc2nnc(-c3ccccn3)n2N)cc1. The number of nitrogens with zero attached hydrogens (tertiary/aromatic N) is 4. The number of benzene rings is 1. The van der Waals surface area contributed by atoms with Gasteiger partial charge in [0, 0.05) is 11.9 Å². The van der Waals surface area contributed by atoms with Crippen LogP contribution in [0.2, 0.25) is 0 Å². The maximum absolute atomic E-state index is 12.1. The molecule has 3 rings (SSSR count). The van der Waals surface area contributed by atoms with E-state index in [1.54, 1.807) is 12.3 Å². The van der Waals surface area contributed by atoms with Crippen molar-refractivity contribution in [3.8, 4) is 11.5 Å². The number of pyridine rings is 1. The Labute approximate surface area is 149 Å². The summed E-state index contributed by atoms with van der Waals surface area (Å²) in [5.41, 5.74) is 2.63. The molecule has 0 aliphatic heterocycles. The van der Waals surface area contributed by atoms with Crippen molar-refractivity contribution in [2.75, 3.05) is 16.9 Å². The highest BCUT2D eigenvalue weighted by molar-refractivity contribution is 7.99. The summed E-state index contributed by atoms with van der Waals surface area (Å²) in [7, 11) is 0. The summed E-state index contributed by atoms with van der Waals surface area (Å²) in [4.78, 5) is 16.3. The molecule has 0 saturated heterocycles. The van der Waals surface area contributed by atoms with Crippen LogP contribution in [0.5, 0.6) is 0 Å². The molecule has 0 bridgehead atoms.